The maximum absolute atomic E-state index is 10.9. The average Bonchev–Trinajstić information content (AvgIpc) is 2.97. The number of benzene rings is 2. The Labute approximate surface area is 184 Å². The summed E-state index contributed by atoms with van der Waals surface area (Å²) < 4.78 is 7.09. The van der Waals surface area contributed by atoms with Gasteiger partial charge in [0.1, 0.15) is 5.75 Å². The summed E-state index contributed by atoms with van der Waals surface area (Å²) in [5.41, 5.74) is 3.86. The van der Waals surface area contributed by atoms with E-state index in [-0.39, 0.29) is 5.69 Å². The van der Waals surface area contributed by atoms with Crippen LogP contribution in [0.5, 0.6) is 5.75 Å². The number of nitrogens with zero attached hydrogens (tertiary/aromatic N) is 3. The highest BCUT2D eigenvalue weighted by Gasteiger charge is 2.16. The number of rotatable bonds is 6. The van der Waals surface area contributed by atoms with Crippen LogP contribution in [0.2, 0.25) is 5.02 Å². The van der Waals surface area contributed by atoms with Crippen molar-refractivity contribution in [1.82, 2.24) is 9.78 Å². The lowest BCUT2D eigenvalue weighted by Crippen LogP contribution is -2.20. The van der Waals surface area contributed by atoms with E-state index in [9.17, 15) is 10.1 Å². The second-order valence-electron chi connectivity index (χ2n) is 6.52. The molecule has 2 N–H and O–H groups in total. The van der Waals surface area contributed by atoms with Crippen LogP contribution in [-0.4, -0.2) is 26.9 Å². The smallest absolute Gasteiger partial charge is 0.273 e. The van der Waals surface area contributed by atoms with Gasteiger partial charge in [-0.3, -0.25) is 14.8 Å². The van der Waals surface area contributed by atoms with Gasteiger partial charge in [0.15, 0.2) is 5.11 Å². The fourth-order valence-corrected chi connectivity index (χ4v) is 3.39. The Morgan fingerprint density at radius 3 is 2.67 bits per heavy atom. The summed E-state index contributed by atoms with van der Waals surface area (Å²) in [5.74, 6) is 0.316. The normalized spacial score (nSPS) is 10.5. The van der Waals surface area contributed by atoms with E-state index in [0.29, 0.717) is 28.1 Å². The molecule has 0 radical (unpaired) electrons. The Kier molecular flexibility index (Phi) is 6.53. The van der Waals surface area contributed by atoms with Gasteiger partial charge in [-0.2, -0.15) is 5.10 Å². The van der Waals surface area contributed by atoms with Crippen molar-refractivity contribution in [1.29, 1.82) is 0 Å². The number of nitro benzene ring substituents is 1. The first-order valence-corrected chi connectivity index (χ1v) is 9.76. The van der Waals surface area contributed by atoms with Crippen LogP contribution < -0.4 is 15.4 Å². The molecule has 0 amide bonds. The van der Waals surface area contributed by atoms with Gasteiger partial charge in [-0.05, 0) is 43.8 Å². The topological polar surface area (TPSA) is 94.2 Å². The van der Waals surface area contributed by atoms with Crippen molar-refractivity contribution in [3.05, 3.63) is 74.6 Å². The number of hydrogen-bond acceptors (Lipinski definition) is 5. The van der Waals surface area contributed by atoms with E-state index in [4.69, 9.17) is 28.6 Å². The van der Waals surface area contributed by atoms with Crippen LogP contribution in [-0.2, 0) is 6.54 Å². The van der Waals surface area contributed by atoms with Crippen molar-refractivity contribution < 1.29 is 9.66 Å². The largest absolute Gasteiger partial charge is 0.494 e. The first kappa shape index (κ1) is 21.5. The molecule has 10 heteroatoms. The zero-order valence-electron chi connectivity index (χ0n) is 16.6. The van der Waals surface area contributed by atoms with E-state index < -0.39 is 4.92 Å². The van der Waals surface area contributed by atoms with Gasteiger partial charge in [0.25, 0.3) is 5.69 Å². The Hall–Kier alpha value is -3.17. The van der Waals surface area contributed by atoms with E-state index in [1.807, 2.05) is 42.8 Å². The van der Waals surface area contributed by atoms with E-state index >= 15 is 0 Å². The van der Waals surface area contributed by atoms with Crippen molar-refractivity contribution >= 4 is 46.0 Å². The van der Waals surface area contributed by atoms with Crippen molar-refractivity contribution in [3.63, 3.8) is 0 Å². The predicted octanol–water partition coefficient (Wildman–Crippen LogP) is 4.93. The van der Waals surface area contributed by atoms with Crippen LogP contribution in [0.1, 0.15) is 17.0 Å². The predicted molar refractivity (Wildman–Crippen MR) is 122 cm³/mol. The molecule has 0 saturated carbocycles. The number of halogens is 1. The van der Waals surface area contributed by atoms with E-state index in [0.717, 1.165) is 22.6 Å². The number of methoxy groups -OCH3 is 1. The molecule has 1 heterocycles. The van der Waals surface area contributed by atoms with Crippen molar-refractivity contribution in [2.24, 2.45) is 0 Å². The molecule has 0 saturated heterocycles. The monoisotopic (exact) mass is 445 g/mol. The second kappa shape index (κ2) is 9.10. The molecule has 1 aromatic heterocycles. The van der Waals surface area contributed by atoms with Crippen LogP contribution in [0, 0.1) is 24.0 Å². The summed E-state index contributed by atoms with van der Waals surface area (Å²) in [6.45, 7) is 4.35. The SMILES string of the molecule is COc1cc([N+](=O)[O-])ccc1NC(=S)Nc1c(C)nn(Cc2ccccc2Cl)c1C. The third-order valence-electron chi connectivity index (χ3n) is 4.54. The summed E-state index contributed by atoms with van der Waals surface area (Å²) in [7, 11) is 1.44. The second-order valence-corrected chi connectivity index (χ2v) is 7.33. The molecule has 0 unspecified atom stereocenters. The summed E-state index contributed by atoms with van der Waals surface area (Å²) in [6.07, 6.45) is 0. The van der Waals surface area contributed by atoms with Gasteiger partial charge in [-0.15, -0.1) is 0 Å². The first-order valence-electron chi connectivity index (χ1n) is 8.98. The fourth-order valence-electron chi connectivity index (χ4n) is 2.98. The molecule has 0 aliphatic rings. The number of thiocarbonyl (C=S) groups is 1. The van der Waals surface area contributed by atoms with Crippen LogP contribution in [0.4, 0.5) is 17.1 Å². The molecular formula is C20H20ClN5O3S. The van der Waals surface area contributed by atoms with E-state index in [1.54, 1.807) is 6.07 Å². The van der Waals surface area contributed by atoms with Gasteiger partial charge >= 0.3 is 0 Å². The summed E-state index contributed by atoms with van der Waals surface area (Å²) in [6, 6.07) is 11.9. The standard InChI is InChI=1S/C20H20ClN5O3S/c1-12-19(13(2)25(24-12)11-14-6-4-5-7-16(14)21)23-20(30)22-17-9-8-15(26(27)28)10-18(17)29-3/h4-10H,11H2,1-3H3,(H2,22,23,30). The molecule has 3 aromatic rings. The van der Waals surface area contributed by atoms with Crippen LogP contribution in [0.3, 0.4) is 0 Å². The molecule has 0 spiro atoms. The maximum Gasteiger partial charge on any atom is 0.273 e. The highest BCUT2D eigenvalue weighted by Crippen LogP contribution is 2.29. The molecular weight excluding hydrogens is 426 g/mol. The molecule has 30 heavy (non-hydrogen) atoms. The number of non-ortho nitro benzene ring substituents is 1. The molecule has 0 aliphatic heterocycles. The van der Waals surface area contributed by atoms with E-state index in [2.05, 4.69) is 15.7 Å². The molecule has 0 atom stereocenters. The Bertz CT molecular complexity index is 1120. The molecule has 3 rings (SSSR count). The number of hydrogen-bond donors (Lipinski definition) is 2. The first-order chi connectivity index (χ1) is 14.3. The Balaban J connectivity index is 1.77. The molecule has 8 nitrogen and oxygen atoms in total. The minimum atomic E-state index is -0.483. The quantitative estimate of drug-likeness (QED) is 0.315. The lowest BCUT2D eigenvalue weighted by molar-refractivity contribution is -0.384. The zero-order chi connectivity index (χ0) is 21.8. The third-order valence-corrected chi connectivity index (χ3v) is 5.11. The highest BCUT2D eigenvalue weighted by molar-refractivity contribution is 7.80. The van der Waals surface area contributed by atoms with Gasteiger partial charge in [-0.1, -0.05) is 29.8 Å². The molecule has 0 fully saturated rings. The number of ether oxygens (including phenoxy) is 1. The van der Waals surface area contributed by atoms with E-state index in [1.165, 1.54) is 19.2 Å². The number of nitro groups is 1. The fraction of sp³-hybridized carbons (Fsp3) is 0.200. The minimum absolute atomic E-state index is 0.0659. The van der Waals surface area contributed by atoms with Crippen LogP contribution in [0.25, 0.3) is 0 Å². The Morgan fingerprint density at radius 2 is 2.00 bits per heavy atom. The lowest BCUT2D eigenvalue weighted by atomic mass is 10.2. The summed E-state index contributed by atoms with van der Waals surface area (Å²) >= 11 is 11.7. The number of nitrogens with one attached hydrogen (secondary N) is 2. The van der Waals surface area contributed by atoms with Crippen molar-refractivity contribution in [3.8, 4) is 5.75 Å². The van der Waals surface area contributed by atoms with Gasteiger partial charge < -0.3 is 15.4 Å². The molecule has 2 aromatic carbocycles. The number of aromatic nitrogens is 2. The number of aryl methyl sites for hydroxylation is 1. The van der Waals surface area contributed by atoms with Crippen LogP contribution in [0.15, 0.2) is 42.5 Å². The van der Waals surface area contributed by atoms with Crippen molar-refractivity contribution in [2.75, 3.05) is 17.7 Å². The van der Waals surface area contributed by atoms with Gasteiger partial charge in [0.2, 0.25) is 0 Å². The van der Waals surface area contributed by atoms with Gasteiger partial charge in [0, 0.05) is 11.1 Å². The zero-order valence-corrected chi connectivity index (χ0v) is 18.2. The maximum atomic E-state index is 10.9. The highest BCUT2D eigenvalue weighted by atomic mass is 35.5. The number of anilines is 2. The summed E-state index contributed by atoms with van der Waals surface area (Å²) in [4.78, 5) is 10.5. The lowest BCUT2D eigenvalue weighted by Gasteiger charge is -2.14. The van der Waals surface area contributed by atoms with Crippen LogP contribution >= 0.6 is 23.8 Å². The molecule has 0 aliphatic carbocycles. The van der Waals surface area contributed by atoms with Gasteiger partial charge in [-0.25, -0.2) is 0 Å². The average molecular weight is 446 g/mol. The van der Waals surface area contributed by atoms with Crippen molar-refractivity contribution in [2.45, 2.75) is 20.4 Å². The minimum Gasteiger partial charge on any atom is -0.494 e. The van der Waals surface area contributed by atoms with Gasteiger partial charge in [0.05, 0.1) is 47.4 Å². The molecule has 0 bridgehead atoms. The Morgan fingerprint density at radius 1 is 1.27 bits per heavy atom. The summed E-state index contributed by atoms with van der Waals surface area (Å²) in [5, 5.41) is 22.7. The third kappa shape index (κ3) is 4.69. The molecule has 156 valence electrons.